The Bertz CT molecular complexity index is 334. The van der Waals surface area contributed by atoms with Gasteiger partial charge in [0, 0.05) is 0 Å². The van der Waals surface area contributed by atoms with E-state index in [1.165, 1.54) is 51.4 Å². The molecule has 0 bridgehead atoms. The van der Waals surface area contributed by atoms with E-state index < -0.39 is 17.4 Å². The van der Waals surface area contributed by atoms with Crippen LogP contribution >= 0.6 is 0 Å². The summed E-state index contributed by atoms with van der Waals surface area (Å²) in [5, 5.41) is 19.1. The average molecular weight is 496 g/mol. The fraction of sp³-hybridized carbons (Fsp3) is 0.905. The standard InChI is InChI=1S/C21H40O4.Ba.2H/c1-3-5-7-9-11-13-15-17-21(19(22)23,20(24)25)18-16-14-12-10-8-6-4-2;;;/h3-18H2,1-2H3,(H,22,23)(H,24,25);;;/q;+2;2*-1. The van der Waals surface area contributed by atoms with Crippen molar-refractivity contribution in [1.82, 2.24) is 0 Å². The summed E-state index contributed by atoms with van der Waals surface area (Å²) in [5.74, 6) is -2.31. The van der Waals surface area contributed by atoms with Gasteiger partial charge in [0.15, 0.2) is 5.41 Å². The van der Waals surface area contributed by atoms with Crippen LogP contribution in [-0.4, -0.2) is 71.0 Å². The molecule has 0 aliphatic carbocycles. The van der Waals surface area contributed by atoms with Crippen molar-refractivity contribution in [2.45, 2.75) is 117 Å². The van der Waals surface area contributed by atoms with E-state index in [4.69, 9.17) is 0 Å². The molecule has 26 heavy (non-hydrogen) atoms. The predicted molar refractivity (Wildman–Crippen MR) is 111 cm³/mol. The maximum atomic E-state index is 11.7. The number of hydrogen-bond acceptors (Lipinski definition) is 2. The summed E-state index contributed by atoms with van der Waals surface area (Å²) in [7, 11) is 0. The van der Waals surface area contributed by atoms with Gasteiger partial charge < -0.3 is 13.1 Å². The molecule has 0 aromatic carbocycles. The Hall–Kier alpha value is 0.511. The second-order valence-electron chi connectivity index (χ2n) is 7.44. The Morgan fingerprint density at radius 2 is 0.885 bits per heavy atom. The van der Waals surface area contributed by atoms with Crippen molar-refractivity contribution in [3.63, 3.8) is 0 Å². The van der Waals surface area contributed by atoms with Crippen molar-refractivity contribution in [3.05, 3.63) is 0 Å². The Labute approximate surface area is 203 Å². The third-order valence-corrected chi connectivity index (χ3v) is 5.23. The SMILES string of the molecule is CCCCCCCCCC(CCCCCCCCC)(C(=O)O)C(=O)O.[Ba+2].[H-].[H-]. The number of carboxylic acids is 2. The summed E-state index contributed by atoms with van der Waals surface area (Å²) in [6.45, 7) is 4.36. The molecule has 0 aromatic rings. The summed E-state index contributed by atoms with van der Waals surface area (Å²) < 4.78 is 0. The number of rotatable bonds is 18. The first-order valence-electron chi connectivity index (χ1n) is 10.5. The smallest absolute Gasteiger partial charge is 1.00 e. The van der Waals surface area contributed by atoms with Crippen LogP contribution in [0.25, 0.3) is 0 Å². The topological polar surface area (TPSA) is 74.6 Å². The number of hydrogen-bond donors (Lipinski definition) is 2. The molecular formula is C21H42BaO4. The molecule has 0 aliphatic rings. The zero-order valence-electron chi connectivity index (χ0n) is 19.2. The molecule has 152 valence electrons. The number of carbonyl (C=O) groups is 2. The Morgan fingerprint density at radius 3 is 1.15 bits per heavy atom. The van der Waals surface area contributed by atoms with Gasteiger partial charge in [0.05, 0.1) is 0 Å². The van der Waals surface area contributed by atoms with E-state index in [-0.39, 0.29) is 64.6 Å². The van der Waals surface area contributed by atoms with Crippen molar-refractivity contribution < 1.29 is 22.7 Å². The molecule has 0 unspecified atom stereocenters. The van der Waals surface area contributed by atoms with Crippen LogP contribution in [0.15, 0.2) is 0 Å². The summed E-state index contributed by atoms with van der Waals surface area (Å²) in [6, 6.07) is 0. The average Bonchev–Trinajstić information content (AvgIpc) is 2.57. The minimum Gasteiger partial charge on any atom is -1.00 e. The molecule has 0 saturated heterocycles. The fourth-order valence-electron chi connectivity index (χ4n) is 3.41. The van der Waals surface area contributed by atoms with E-state index in [0.717, 1.165) is 25.7 Å². The van der Waals surface area contributed by atoms with Crippen LogP contribution in [0.1, 0.15) is 119 Å². The second kappa shape index (κ2) is 18.9. The largest absolute Gasteiger partial charge is 2.00 e. The number of carboxylic acid groups (broad SMARTS) is 2. The normalized spacial score (nSPS) is 11.2. The van der Waals surface area contributed by atoms with E-state index in [0.29, 0.717) is 12.8 Å². The molecule has 0 amide bonds. The third-order valence-electron chi connectivity index (χ3n) is 5.23. The van der Waals surface area contributed by atoms with Crippen molar-refractivity contribution >= 4 is 60.8 Å². The van der Waals surface area contributed by atoms with Crippen molar-refractivity contribution in [2.24, 2.45) is 5.41 Å². The van der Waals surface area contributed by atoms with Crippen LogP contribution in [-0.2, 0) is 9.59 Å². The molecule has 0 heterocycles. The van der Waals surface area contributed by atoms with Gasteiger partial charge in [0.2, 0.25) is 0 Å². The zero-order chi connectivity index (χ0) is 19.0. The third kappa shape index (κ3) is 12.8. The minimum absolute atomic E-state index is 0. The molecule has 0 aliphatic heterocycles. The quantitative estimate of drug-likeness (QED) is 0.133. The predicted octanol–water partition coefficient (Wildman–Crippen LogP) is 6.27. The van der Waals surface area contributed by atoms with Crippen molar-refractivity contribution in [2.75, 3.05) is 0 Å². The van der Waals surface area contributed by atoms with Gasteiger partial charge in [-0.25, -0.2) is 0 Å². The van der Waals surface area contributed by atoms with Crippen LogP contribution < -0.4 is 0 Å². The Balaban J connectivity index is -0.000000960. The number of aliphatic carboxylic acids is 2. The van der Waals surface area contributed by atoms with Gasteiger partial charge in [0.1, 0.15) is 0 Å². The van der Waals surface area contributed by atoms with Crippen LogP contribution in [0.3, 0.4) is 0 Å². The summed E-state index contributed by atoms with van der Waals surface area (Å²) >= 11 is 0. The molecule has 0 radical (unpaired) electrons. The molecular weight excluding hydrogens is 454 g/mol. The molecule has 0 atom stereocenters. The van der Waals surface area contributed by atoms with Gasteiger partial charge in [-0.1, -0.05) is 104 Å². The van der Waals surface area contributed by atoms with E-state index in [9.17, 15) is 19.8 Å². The van der Waals surface area contributed by atoms with Gasteiger partial charge in [-0.15, -0.1) is 0 Å². The molecule has 5 heteroatoms. The van der Waals surface area contributed by atoms with Crippen molar-refractivity contribution in [1.29, 1.82) is 0 Å². The monoisotopic (exact) mass is 496 g/mol. The number of unbranched alkanes of at least 4 members (excludes halogenated alkanes) is 12. The zero-order valence-corrected chi connectivity index (χ0v) is 21.7. The first-order chi connectivity index (χ1) is 12.0. The molecule has 0 fully saturated rings. The first kappa shape index (κ1) is 28.7. The maximum absolute atomic E-state index is 11.7. The van der Waals surface area contributed by atoms with Crippen LogP contribution in [0.4, 0.5) is 0 Å². The minimum atomic E-state index is -1.58. The van der Waals surface area contributed by atoms with E-state index >= 15 is 0 Å². The first-order valence-corrected chi connectivity index (χ1v) is 10.5. The Morgan fingerprint density at radius 1 is 0.615 bits per heavy atom. The summed E-state index contributed by atoms with van der Waals surface area (Å²) in [6.07, 6.45) is 15.6. The molecule has 0 rings (SSSR count). The van der Waals surface area contributed by atoms with Crippen molar-refractivity contribution in [3.8, 4) is 0 Å². The summed E-state index contributed by atoms with van der Waals surface area (Å²) in [4.78, 5) is 23.4. The summed E-state index contributed by atoms with van der Waals surface area (Å²) in [5.41, 5.74) is -1.58. The van der Waals surface area contributed by atoms with Gasteiger partial charge in [0.25, 0.3) is 0 Å². The molecule has 2 N–H and O–H groups in total. The van der Waals surface area contributed by atoms with Gasteiger partial charge in [-0.05, 0) is 12.8 Å². The Kier molecular flexibility index (Phi) is 20.8. The molecule has 4 nitrogen and oxygen atoms in total. The van der Waals surface area contributed by atoms with E-state index in [1.807, 2.05) is 0 Å². The molecule has 0 spiro atoms. The molecule has 0 saturated carbocycles. The molecule has 0 aromatic heterocycles. The second-order valence-corrected chi connectivity index (χ2v) is 7.44. The van der Waals surface area contributed by atoms with E-state index in [2.05, 4.69) is 13.8 Å². The van der Waals surface area contributed by atoms with Gasteiger partial charge >= 0.3 is 60.8 Å². The maximum Gasteiger partial charge on any atom is 2.00 e. The fourth-order valence-corrected chi connectivity index (χ4v) is 3.41. The van der Waals surface area contributed by atoms with Crippen LogP contribution in [0, 0.1) is 5.41 Å². The van der Waals surface area contributed by atoms with Gasteiger partial charge in [-0.2, -0.15) is 0 Å². The van der Waals surface area contributed by atoms with Crippen LogP contribution in [0.5, 0.6) is 0 Å². The van der Waals surface area contributed by atoms with Gasteiger partial charge in [-0.3, -0.25) is 9.59 Å². The van der Waals surface area contributed by atoms with Crippen LogP contribution in [0.2, 0.25) is 0 Å². The van der Waals surface area contributed by atoms with E-state index in [1.54, 1.807) is 0 Å².